The molecule has 0 spiro atoms. The van der Waals surface area contributed by atoms with Crippen molar-refractivity contribution in [1.29, 1.82) is 0 Å². The Bertz CT molecular complexity index is 982. The van der Waals surface area contributed by atoms with Gasteiger partial charge >= 0.3 is 12.6 Å². The predicted octanol–water partition coefficient (Wildman–Crippen LogP) is 2.88. The Morgan fingerprint density at radius 1 is 1.04 bits per heavy atom. The van der Waals surface area contributed by atoms with E-state index in [0.29, 0.717) is 0 Å². The molecule has 7 nitrogen and oxygen atoms in total. The average Bonchev–Trinajstić information content (AvgIpc) is 3.10. The van der Waals surface area contributed by atoms with Crippen molar-refractivity contribution >= 4 is 28.7 Å². The summed E-state index contributed by atoms with van der Waals surface area (Å²) in [6, 6.07) is 13.6. The molecular formula is C19H14F2N2O5. The summed E-state index contributed by atoms with van der Waals surface area (Å²) in [6.45, 7) is -3.64. The molecule has 0 saturated carbocycles. The van der Waals surface area contributed by atoms with Gasteiger partial charge in [0, 0.05) is 16.5 Å². The number of benzene rings is 2. The monoisotopic (exact) mass is 388 g/mol. The summed E-state index contributed by atoms with van der Waals surface area (Å²) in [6.07, 6.45) is 0. The van der Waals surface area contributed by atoms with Crippen LogP contribution in [0.4, 0.5) is 8.78 Å². The third kappa shape index (κ3) is 4.70. The maximum absolute atomic E-state index is 12.1. The molecule has 0 unspecified atom stereocenters. The van der Waals surface area contributed by atoms with Gasteiger partial charge in [-0.15, -0.1) is 0 Å². The van der Waals surface area contributed by atoms with Gasteiger partial charge in [-0.1, -0.05) is 18.2 Å². The number of hydrogen-bond acceptors (Lipinski definition) is 5. The lowest BCUT2D eigenvalue weighted by molar-refractivity contribution is -0.123. The van der Waals surface area contributed by atoms with Crippen LogP contribution >= 0.6 is 0 Å². The van der Waals surface area contributed by atoms with Crippen molar-refractivity contribution in [1.82, 2.24) is 10.3 Å². The quantitative estimate of drug-likeness (QED) is 0.633. The number of aromatic amines is 1. The first-order valence-electron chi connectivity index (χ1n) is 8.06. The van der Waals surface area contributed by atoms with E-state index < -0.39 is 31.0 Å². The number of carbonyl (C=O) groups excluding carboxylic acids is 3. The molecular weight excluding hydrogens is 374 g/mol. The molecule has 0 aliphatic heterocycles. The summed E-state index contributed by atoms with van der Waals surface area (Å²) in [7, 11) is 0. The number of aromatic nitrogens is 1. The fourth-order valence-corrected chi connectivity index (χ4v) is 2.41. The zero-order valence-corrected chi connectivity index (χ0v) is 14.3. The number of hydrogen-bond donors (Lipinski definition) is 2. The van der Waals surface area contributed by atoms with Gasteiger partial charge in [-0.3, -0.25) is 14.9 Å². The van der Waals surface area contributed by atoms with Crippen LogP contribution in [-0.2, 0) is 9.53 Å². The van der Waals surface area contributed by atoms with Crippen molar-refractivity contribution in [3.63, 3.8) is 0 Å². The van der Waals surface area contributed by atoms with Crippen molar-refractivity contribution in [3.8, 4) is 5.75 Å². The molecule has 144 valence electrons. The minimum atomic E-state index is -2.98. The number of halogens is 2. The molecule has 0 saturated heterocycles. The zero-order chi connectivity index (χ0) is 20.1. The summed E-state index contributed by atoms with van der Waals surface area (Å²) in [5, 5.41) is 2.85. The summed E-state index contributed by atoms with van der Waals surface area (Å²) in [4.78, 5) is 38.6. The van der Waals surface area contributed by atoms with Crippen LogP contribution in [0.5, 0.6) is 5.75 Å². The second-order valence-electron chi connectivity index (χ2n) is 5.63. The number of esters is 1. The summed E-state index contributed by atoms with van der Waals surface area (Å²) >= 11 is 0. The highest BCUT2D eigenvalue weighted by Gasteiger charge is 2.15. The minimum Gasteiger partial charge on any atom is -0.451 e. The van der Waals surface area contributed by atoms with Crippen LogP contribution in [0.3, 0.4) is 0 Å². The standard InChI is InChI=1S/C19H14F2N2O5/c20-19(21)28-13-7-5-11(6-8-13)17(25)23-16(24)10-27-18(26)15-9-12-3-1-2-4-14(12)22-15/h1-9,19,22H,10H2,(H,23,24,25). The van der Waals surface area contributed by atoms with Crippen LogP contribution in [0.25, 0.3) is 10.9 Å². The maximum Gasteiger partial charge on any atom is 0.387 e. The first-order chi connectivity index (χ1) is 13.4. The van der Waals surface area contributed by atoms with Crippen LogP contribution < -0.4 is 10.1 Å². The van der Waals surface area contributed by atoms with Gasteiger partial charge < -0.3 is 14.5 Å². The van der Waals surface area contributed by atoms with E-state index in [0.717, 1.165) is 10.9 Å². The minimum absolute atomic E-state index is 0.0527. The number of alkyl halides is 2. The van der Waals surface area contributed by atoms with E-state index in [4.69, 9.17) is 4.74 Å². The average molecular weight is 388 g/mol. The molecule has 0 aliphatic rings. The molecule has 1 heterocycles. The number of ether oxygens (including phenoxy) is 2. The van der Waals surface area contributed by atoms with Gasteiger partial charge in [0.2, 0.25) is 0 Å². The molecule has 3 rings (SSSR count). The number of imide groups is 1. The van der Waals surface area contributed by atoms with Crippen LogP contribution in [0.1, 0.15) is 20.8 Å². The molecule has 0 radical (unpaired) electrons. The highest BCUT2D eigenvalue weighted by atomic mass is 19.3. The number of H-pyrrole nitrogens is 1. The molecule has 9 heteroatoms. The lowest BCUT2D eigenvalue weighted by atomic mass is 10.2. The van der Waals surface area contributed by atoms with Crippen LogP contribution in [0.15, 0.2) is 54.6 Å². The number of nitrogens with one attached hydrogen (secondary N) is 2. The second-order valence-corrected chi connectivity index (χ2v) is 5.63. The lowest BCUT2D eigenvalue weighted by Crippen LogP contribution is -2.34. The van der Waals surface area contributed by atoms with Crippen molar-refractivity contribution in [2.75, 3.05) is 6.61 Å². The highest BCUT2D eigenvalue weighted by molar-refractivity contribution is 6.05. The molecule has 28 heavy (non-hydrogen) atoms. The van der Waals surface area contributed by atoms with Gasteiger partial charge in [0.1, 0.15) is 11.4 Å². The van der Waals surface area contributed by atoms with Crippen LogP contribution in [0.2, 0.25) is 0 Å². The molecule has 3 aromatic rings. The molecule has 0 bridgehead atoms. The van der Waals surface area contributed by atoms with Gasteiger partial charge in [0.05, 0.1) is 0 Å². The zero-order valence-electron chi connectivity index (χ0n) is 14.3. The summed E-state index contributed by atoms with van der Waals surface area (Å²) in [5.74, 6) is -2.46. The van der Waals surface area contributed by atoms with Crippen molar-refractivity contribution in [2.24, 2.45) is 0 Å². The Kier molecular flexibility index (Phi) is 5.64. The normalized spacial score (nSPS) is 10.7. The van der Waals surface area contributed by atoms with Gasteiger partial charge in [0.25, 0.3) is 11.8 Å². The van der Waals surface area contributed by atoms with Crippen LogP contribution in [0, 0.1) is 0 Å². The van der Waals surface area contributed by atoms with Crippen molar-refractivity contribution < 1.29 is 32.6 Å². The van der Waals surface area contributed by atoms with Crippen LogP contribution in [-0.4, -0.2) is 36.0 Å². The largest absolute Gasteiger partial charge is 0.451 e. The van der Waals surface area contributed by atoms with E-state index in [2.05, 4.69) is 9.72 Å². The Hall–Kier alpha value is -3.75. The van der Waals surface area contributed by atoms with E-state index in [9.17, 15) is 23.2 Å². The lowest BCUT2D eigenvalue weighted by Gasteiger charge is -2.07. The Morgan fingerprint density at radius 3 is 2.43 bits per heavy atom. The van der Waals surface area contributed by atoms with Crippen molar-refractivity contribution in [2.45, 2.75) is 6.61 Å². The van der Waals surface area contributed by atoms with E-state index in [1.165, 1.54) is 24.3 Å². The van der Waals surface area contributed by atoms with E-state index >= 15 is 0 Å². The third-order valence-electron chi connectivity index (χ3n) is 3.68. The fraction of sp³-hybridized carbons (Fsp3) is 0.105. The van der Waals surface area contributed by atoms with Gasteiger partial charge in [0.15, 0.2) is 6.61 Å². The van der Waals surface area contributed by atoms with Crippen molar-refractivity contribution in [3.05, 3.63) is 65.9 Å². The second kappa shape index (κ2) is 8.30. The third-order valence-corrected chi connectivity index (χ3v) is 3.68. The van der Waals surface area contributed by atoms with E-state index in [-0.39, 0.29) is 17.0 Å². The molecule has 1 aromatic heterocycles. The topological polar surface area (TPSA) is 97.5 Å². The Balaban J connectivity index is 1.52. The number of rotatable bonds is 6. The number of amides is 2. The van der Waals surface area contributed by atoms with E-state index in [1.807, 2.05) is 17.4 Å². The molecule has 0 atom stereocenters. The Morgan fingerprint density at radius 2 is 1.75 bits per heavy atom. The number of carbonyl (C=O) groups is 3. The summed E-state index contributed by atoms with van der Waals surface area (Å²) < 4.78 is 33.2. The smallest absolute Gasteiger partial charge is 0.387 e. The first kappa shape index (κ1) is 19.0. The number of fused-ring (bicyclic) bond motifs is 1. The molecule has 2 aromatic carbocycles. The first-order valence-corrected chi connectivity index (χ1v) is 8.06. The van der Waals surface area contributed by atoms with Gasteiger partial charge in [-0.25, -0.2) is 4.79 Å². The fourth-order valence-electron chi connectivity index (χ4n) is 2.41. The predicted molar refractivity (Wildman–Crippen MR) is 94.1 cm³/mol. The SMILES string of the molecule is O=C(COC(=O)c1cc2ccccc2[nH]1)NC(=O)c1ccc(OC(F)F)cc1. The van der Waals surface area contributed by atoms with E-state index in [1.54, 1.807) is 18.2 Å². The summed E-state index contributed by atoms with van der Waals surface area (Å²) in [5.41, 5.74) is 0.972. The molecule has 0 aliphatic carbocycles. The highest BCUT2D eigenvalue weighted by Crippen LogP contribution is 2.16. The molecule has 2 N–H and O–H groups in total. The molecule has 2 amide bonds. The Labute approximate surface area is 157 Å². The number of para-hydroxylation sites is 1. The van der Waals surface area contributed by atoms with Gasteiger partial charge in [-0.05, 0) is 36.4 Å². The maximum atomic E-state index is 12.1. The molecule has 0 fully saturated rings. The van der Waals surface area contributed by atoms with Gasteiger partial charge in [-0.2, -0.15) is 8.78 Å².